The van der Waals surface area contributed by atoms with Crippen molar-refractivity contribution in [1.82, 2.24) is 15.0 Å². The van der Waals surface area contributed by atoms with Crippen LogP contribution in [0.5, 0.6) is 5.75 Å². The van der Waals surface area contributed by atoms with Crippen molar-refractivity contribution in [2.75, 3.05) is 7.11 Å². The number of aromatic nitrogens is 2. The van der Waals surface area contributed by atoms with Crippen molar-refractivity contribution in [2.24, 2.45) is 5.10 Å². The molecule has 7 heteroatoms. The predicted molar refractivity (Wildman–Crippen MR) is 116 cm³/mol. The summed E-state index contributed by atoms with van der Waals surface area (Å²) in [5.74, 6) is 0.187. The van der Waals surface area contributed by atoms with Crippen LogP contribution < -0.4 is 15.7 Å². The third-order valence-corrected chi connectivity index (χ3v) is 4.77. The van der Waals surface area contributed by atoms with Crippen LogP contribution in [0.3, 0.4) is 0 Å². The first-order valence-corrected chi connectivity index (χ1v) is 9.37. The topological polar surface area (TPSA) is 88.5 Å². The highest BCUT2D eigenvalue weighted by molar-refractivity contribution is 6.00. The van der Waals surface area contributed by atoms with Crippen LogP contribution in [0.4, 0.5) is 0 Å². The number of carbonyl (C=O) groups excluding carboxylic acids is 1. The largest absolute Gasteiger partial charge is 0.497 e. The Bertz CT molecular complexity index is 1270. The van der Waals surface area contributed by atoms with E-state index in [1.807, 2.05) is 54.7 Å². The number of pyridine rings is 1. The Morgan fingerprint density at radius 3 is 2.73 bits per heavy atom. The van der Waals surface area contributed by atoms with Crippen molar-refractivity contribution < 1.29 is 9.53 Å². The molecule has 0 aliphatic rings. The summed E-state index contributed by atoms with van der Waals surface area (Å²) in [5, 5.41) is 5.00. The molecule has 2 N–H and O–H groups in total. The Morgan fingerprint density at radius 2 is 1.93 bits per heavy atom. The number of fused-ring (bicyclic) bond motifs is 1. The van der Waals surface area contributed by atoms with Crippen LogP contribution in [0.1, 0.15) is 21.5 Å². The van der Waals surface area contributed by atoms with Gasteiger partial charge in [-0.2, -0.15) is 5.10 Å². The number of rotatable bonds is 6. The van der Waals surface area contributed by atoms with E-state index in [4.69, 9.17) is 4.74 Å². The Balaban J connectivity index is 1.48. The van der Waals surface area contributed by atoms with Crippen LogP contribution in [0.15, 0.2) is 83.0 Å². The first-order chi connectivity index (χ1) is 14.7. The second kappa shape index (κ2) is 8.48. The number of carbonyl (C=O) groups is 1. The highest BCUT2D eigenvalue weighted by Crippen LogP contribution is 2.15. The molecule has 0 radical (unpaired) electrons. The van der Waals surface area contributed by atoms with Crippen molar-refractivity contribution in [3.63, 3.8) is 0 Å². The Morgan fingerprint density at radius 1 is 1.13 bits per heavy atom. The second-order valence-electron chi connectivity index (χ2n) is 6.69. The van der Waals surface area contributed by atoms with Gasteiger partial charge in [0.15, 0.2) is 0 Å². The third kappa shape index (κ3) is 4.00. The van der Waals surface area contributed by atoms with E-state index in [1.54, 1.807) is 25.6 Å². The lowest BCUT2D eigenvalue weighted by Gasteiger charge is -2.08. The Kier molecular flexibility index (Phi) is 5.43. The van der Waals surface area contributed by atoms with E-state index in [0.29, 0.717) is 6.54 Å². The monoisotopic (exact) mass is 400 g/mol. The summed E-state index contributed by atoms with van der Waals surface area (Å²) in [6.07, 6.45) is 5.01. The van der Waals surface area contributed by atoms with Crippen molar-refractivity contribution >= 4 is 23.0 Å². The number of para-hydroxylation sites is 1. The number of nitrogens with zero attached hydrogens (tertiary/aromatic N) is 2. The van der Waals surface area contributed by atoms with Crippen molar-refractivity contribution in [2.45, 2.75) is 6.54 Å². The molecule has 0 saturated carbocycles. The van der Waals surface area contributed by atoms with Gasteiger partial charge in [0.25, 0.3) is 11.5 Å². The molecular formula is C23H20N4O3. The van der Waals surface area contributed by atoms with Crippen LogP contribution in [-0.4, -0.2) is 28.8 Å². The minimum Gasteiger partial charge on any atom is -0.497 e. The summed E-state index contributed by atoms with van der Waals surface area (Å²) < 4.78 is 6.63. The molecule has 4 aromatic rings. The molecule has 0 unspecified atom stereocenters. The van der Waals surface area contributed by atoms with Crippen molar-refractivity contribution in [3.8, 4) is 5.75 Å². The summed E-state index contributed by atoms with van der Waals surface area (Å²) in [7, 11) is 1.60. The Labute approximate surface area is 172 Å². The van der Waals surface area contributed by atoms with E-state index in [2.05, 4.69) is 15.5 Å². The normalized spacial score (nSPS) is 11.1. The number of aromatic amines is 1. The van der Waals surface area contributed by atoms with Gasteiger partial charge in [0.2, 0.25) is 0 Å². The Hall–Kier alpha value is -4.13. The lowest BCUT2D eigenvalue weighted by molar-refractivity contribution is 0.0953. The van der Waals surface area contributed by atoms with E-state index in [1.165, 1.54) is 10.6 Å². The van der Waals surface area contributed by atoms with Gasteiger partial charge in [0, 0.05) is 28.9 Å². The molecule has 0 aliphatic heterocycles. The van der Waals surface area contributed by atoms with Crippen molar-refractivity contribution in [1.29, 1.82) is 0 Å². The quantitative estimate of drug-likeness (QED) is 0.385. The average Bonchev–Trinajstić information content (AvgIpc) is 3.19. The highest BCUT2D eigenvalue weighted by atomic mass is 16.5. The smallest absolute Gasteiger partial charge is 0.276 e. The molecular weight excluding hydrogens is 380 g/mol. The van der Waals surface area contributed by atoms with Crippen LogP contribution in [0, 0.1) is 0 Å². The summed E-state index contributed by atoms with van der Waals surface area (Å²) >= 11 is 0. The molecule has 2 heterocycles. The van der Waals surface area contributed by atoms with Crippen LogP contribution in [-0.2, 0) is 6.54 Å². The van der Waals surface area contributed by atoms with E-state index in [0.717, 1.165) is 27.8 Å². The van der Waals surface area contributed by atoms with Gasteiger partial charge in [-0.05, 0) is 35.9 Å². The van der Waals surface area contributed by atoms with Gasteiger partial charge in [-0.25, -0.2) is 5.43 Å². The minimum absolute atomic E-state index is 0.0297. The maximum atomic E-state index is 12.7. The van der Waals surface area contributed by atoms with Crippen molar-refractivity contribution in [3.05, 3.63) is 100 Å². The second-order valence-corrected chi connectivity index (χ2v) is 6.69. The first-order valence-electron chi connectivity index (χ1n) is 9.37. The van der Waals surface area contributed by atoms with Gasteiger partial charge < -0.3 is 14.3 Å². The average molecular weight is 400 g/mol. The number of ether oxygens (including phenoxy) is 1. The molecule has 0 atom stereocenters. The zero-order valence-corrected chi connectivity index (χ0v) is 16.3. The number of H-pyrrole nitrogens is 1. The molecule has 0 saturated heterocycles. The third-order valence-electron chi connectivity index (χ3n) is 4.77. The van der Waals surface area contributed by atoms with Gasteiger partial charge in [0.05, 0.1) is 19.9 Å². The summed E-state index contributed by atoms with van der Waals surface area (Å²) in [6.45, 7) is 0.350. The minimum atomic E-state index is -0.555. The van der Waals surface area contributed by atoms with Gasteiger partial charge in [-0.1, -0.05) is 30.3 Å². The highest BCUT2D eigenvalue weighted by Gasteiger charge is 2.12. The van der Waals surface area contributed by atoms with Gasteiger partial charge in [0.1, 0.15) is 11.3 Å². The molecule has 150 valence electrons. The molecule has 30 heavy (non-hydrogen) atoms. The molecule has 2 aromatic carbocycles. The van der Waals surface area contributed by atoms with Crippen LogP contribution >= 0.6 is 0 Å². The number of benzene rings is 2. The molecule has 0 aliphatic carbocycles. The molecule has 4 rings (SSSR count). The number of hydrazone groups is 1. The maximum Gasteiger partial charge on any atom is 0.276 e. The van der Waals surface area contributed by atoms with E-state index in [9.17, 15) is 9.59 Å². The van der Waals surface area contributed by atoms with E-state index >= 15 is 0 Å². The van der Waals surface area contributed by atoms with Gasteiger partial charge in [-0.15, -0.1) is 0 Å². The summed E-state index contributed by atoms with van der Waals surface area (Å²) in [6, 6.07) is 18.4. The van der Waals surface area contributed by atoms with Crippen LogP contribution in [0.2, 0.25) is 0 Å². The van der Waals surface area contributed by atoms with Crippen LogP contribution in [0.25, 0.3) is 10.9 Å². The molecule has 0 spiro atoms. The fourth-order valence-electron chi connectivity index (χ4n) is 3.18. The van der Waals surface area contributed by atoms with E-state index in [-0.39, 0.29) is 11.1 Å². The molecule has 7 nitrogen and oxygen atoms in total. The SMILES string of the molecule is COc1ccc(Cn2cccc(C(=O)N/N=C\c3c[nH]c4ccccc34)c2=O)cc1. The number of nitrogens with one attached hydrogen (secondary N) is 2. The standard InChI is InChI=1S/C23H20N4O3/c1-30-18-10-8-16(9-11-18)15-27-12-4-6-20(23(27)29)22(28)26-25-14-17-13-24-21-7-3-2-5-19(17)21/h2-14,24H,15H2,1H3,(H,26,28)/b25-14-. The lowest BCUT2D eigenvalue weighted by Crippen LogP contribution is -2.30. The van der Waals surface area contributed by atoms with Gasteiger partial charge in [-0.3, -0.25) is 9.59 Å². The maximum absolute atomic E-state index is 12.7. The lowest BCUT2D eigenvalue weighted by atomic mass is 10.2. The first kappa shape index (κ1) is 19.2. The summed E-state index contributed by atoms with van der Waals surface area (Å²) in [4.78, 5) is 28.3. The predicted octanol–water partition coefficient (Wildman–Crippen LogP) is 3.15. The number of amides is 1. The summed E-state index contributed by atoms with van der Waals surface area (Å²) in [5.41, 5.74) is 4.83. The van der Waals surface area contributed by atoms with E-state index < -0.39 is 5.91 Å². The zero-order valence-electron chi connectivity index (χ0n) is 16.3. The molecule has 1 amide bonds. The number of hydrogen-bond acceptors (Lipinski definition) is 4. The molecule has 0 bridgehead atoms. The fourth-order valence-corrected chi connectivity index (χ4v) is 3.18. The number of hydrogen-bond donors (Lipinski definition) is 2. The molecule has 0 fully saturated rings. The fraction of sp³-hybridized carbons (Fsp3) is 0.0870. The zero-order chi connectivity index (χ0) is 20.9. The molecule has 2 aromatic heterocycles. The number of methoxy groups -OCH3 is 1. The van der Waals surface area contributed by atoms with Gasteiger partial charge >= 0.3 is 0 Å².